The van der Waals surface area contributed by atoms with E-state index in [9.17, 15) is 9.18 Å². The minimum atomic E-state index is -0.519. The standard InChI is InChI=1S/C22H20FN5O2/c1-12(21-27-17-9-5-7-15(19(17)28-21)22(29)25-2)30-18-10-13(11-26-20(18)24)14-6-3-4-8-16(14)23/h3-12H,1-2H3,(H2,24,26)(H,25,29)(H,27,28). The molecule has 30 heavy (non-hydrogen) atoms. The van der Waals surface area contributed by atoms with E-state index in [2.05, 4.69) is 20.3 Å². The van der Waals surface area contributed by atoms with Gasteiger partial charge in [0.15, 0.2) is 17.7 Å². The number of carbonyl (C=O) groups excluding carboxylic acids is 1. The SMILES string of the molecule is CNC(=O)c1cccc2[nH]c(C(C)Oc3cc(-c4ccccc4F)cnc3N)nc12. The number of carbonyl (C=O) groups is 1. The van der Waals surface area contributed by atoms with Crippen LogP contribution < -0.4 is 15.8 Å². The zero-order valence-electron chi connectivity index (χ0n) is 16.4. The summed E-state index contributed by atoms with van der Waals surface area (Å²) in [5.41, 5.74) is 8.66. The largest absolute Gasteiger partial charge is 0.479 e. The van der Waals surface area contributed by atoms with E-state index in [1.807, 2.05) is 6.07 Å². The van der Waals surface area contributed by atoms with E-state index in [0.717, 1.165) is 0 Å². The molecule has 0 bridgehead atoms. The smallest absolute Gasteiger partial charge is 0.253 e. The molecule has 0 aliphatic rings. The monoisotopic (exact) mass is 405 g/mol. The number of hydrogen-bond donors (Lipinski definition) is 3. The molecule has 0 saturated carbocycles. The van der Waals surface area contributed by atoms with Crippen LogP contribution in [0.2, 0.25) is 0 Å². The third-order valence-corrected chi connectivity index (χ3v) is 4.76. The van der Waals surface area contributed by atoms with Crippen molar-refractivity contribution in [1.82, 2.24) is 20.3 Å². The zero-order valence-corrected chi connectivity index (χ0v) is 16.4. The van der Waals surface area contributed by atoms with Crippen LogP contribution in [0.3, 0.4) is 0 Å². The van der Waals surface area contributed by atoms with Crippen LogP contribution in [0.1, 0.15) is 29.2 Å². The third-order valence-electron chi connectivity index (χ3n) is 4.76. The van der Waals surface area contributed by atoms with Gasteiger partial charge >= 0.3 is 0 Å². The highest BCUT2D eigenvalue weighted by Crippen LogP contribution is 2.31. The van der Waals surface area contributed by atoms with E-state index in [-0.39, 0.29) is 17.5 Å². The highest BCUT2D eigenvalue weighted by atomic mass is 19.1. The lowest BCUT2D eigenvalue weighted by Gasteiger charge is -2.15. The molecule has 8 heteroatoms. The number of aromatic nitrogens is 3. The molecule has 1 atom stereocenters. The molecule has 1 amide bonds. The van der Waals surface area contributed by atoms with Crippen LogP contribution in [0.5, 0.6) is 5.75 Å². The summed E-state index contributed by atoms with van der Waals surface area (Å²) in [7, 11) is 1.57. The highest BCUT2D eigenvalue weighted by Gasteiger charge is 2.18. The number of nitrogens with zero attached hydrogens (tertiary/aromatic N) is 2. The molecule has 4 aromatic rings. The molecule has 4 rings (SSSR count). The Bertz CT molecular complexity index is 1240. The maximum absolute atomic E-state index is 14.1. The molecule has 0 radical (unpaired) electrons. The van der Waals surface area contributed by atoms with Crippen LogP contribution in [-0.4, -0.2) is 27.9 Å². The van der Waals surface area contributed by atoms with Crippen molar-refractivity contribution < 1.29 is 13.9 Å². The first kappa shape index (κ1) is 19.4. The molecule has 0 fully saturated rings. The number of halogens is 1. The van der Waals surface area contributed by atoms with Gasteiger partial charge in [0.25, 0.3) is 5.91 Å². The van der Waals surface area contributed by atoms with Gasteiger partial charge in [-0.05, 0) is 31.2 Å². The van der Waals surface area contributed by atoms with Crippen LogP contribution in [0.4, 0.5) is 10.2 Å². The van der Waals surface area contributed by atoms with Crippen molar-refractivity contribution in [3.05, 3.63) is 71.9 Å². The van der Waals surface area contributed by atoms with Gasteiger partial charge in [0.05, 0.1) is 11.1 Å². The second kappa shape index (κ2) is 7.82. The van der Waals surface area contributed by atoms with Crippen LogP contribution >= 0.6 is 0 Å². The summed E-state index contributed by atoms with van der Waals surface area (Å²) in [4.78, 5) is 23.9. The summed E-state index contributed by atoms with van der Waals surface area (Å²) in [6.45, 7) is 1.80. The summed E-state index contributed by atoms with van der Waals surface area (Å²) < 4.78 is 20.1. The number of nitrogen functional groups attached to an aromatic ring is 1. The van der Waals surface area contributed by atoms with Gasteiger partial charge in [0, 0.05) is 24.4 Å². The number of H-pyrrole nitrogens is 1. The number of para-hydroxylation sites is 1. The van der Waals surface area contributed by atoms with Crippen molar-refractivity contribution >= 4 is 22.8 Å². The Labute approximate surface area is 172 Å². The number of rotatable bonds is 5. The van der Waals surface area contributed by atoms with Gasteiger partial charge in [-0.15, -0.1) is 0 Å². The summed E-state index contributed by atoms with van der Waals surface area (Å²) >= 11 is 0. The number of nitrogens with one attached hydrogen (secondary N) is 2. The number of aromatic amines is 1. The maximum atomic E-state index is 14.1. The number of fused-ring (bicyclic) bond motifs is 1. The lowest BCUT2D eigenvalue weighted by molar-refractivity contribution is 0.0964. The molecule has 2 aromatic carbocycles. The summed E-state index contributed by atoms with van der Waals surface area (Å²) in [5, 5.41) is 2.61. The number of imidazole rings is 1. The molecule has 152 valence electrons. The Morgan fingerprint density at radius 3 is 2.80 bits per heavy atom. The predicted octanol–water partition coefficient (Wildman–Crippen LogP) is 3.85. The fraction of sp³-hybridized carbons (Fsp3) is 0.136. The number of nitrogens with two attached hydrogens (primary N) is 1. The van der Waals surface area contributed by atoms with E-state index in [1.54, 1.807) is 50.4 Å². The molecule has 0 aliphatic heterocycles. The molecule has 0 spiro atoms. The van der Waals surface area contributed by atoms with Gasteiger partial charge in [0.1, 0.15) is 17.2 Å². The van der Waals surface area contributed by atoms with Crippen LogP contribution in [0.25, 0.3) is 22.2 Å². The fourth-order valence-electron chi connectivity index (χ4n) is 3.20. The van der Waals surface area contributed by atoms with Crippen molar-refractivity contribution in [3.8, 4) is 16.9 Å². The molecular weight excluding hydrogens is 385 g/mol. The normalized spacial score (nSPS) is 12.0. The number of ether oxygens (including phenoxy) is 1. The highest BCUT2D eigenvalue weighted by molar-refractivity contribution is 6.04. The van der Waals surface area contributed by atoms with Crippen molar-refractivity contribution in [2.24, 2.45) is 0 Å². The lowest BCUT2D eigenvalue weighted by atomic mass is 10.1. The van der Waals surface area contributed by atoms with E-state index < -0.39 is 6.10 Å². The Morgan fingerprint density at radius 1 is 1.23 bits per heavy atom. The number of benzene rings is 2. The molecule has 4 N–H and O–H groups in total. The average Bonchev–Trinajstić information content (AvgIpc) is 3.20. The number of anilines is 1. The summed E-state index contributed by atoms with van der Waals surface area (Å²) in [6.07, 6.45) is 0.983. The van der Waals surface area contributed by atoms with Crippen molar-refractivity contribution in [1.29, 1.82) is 0 Å². The Balaban J connectivity index is 1.66. The van der Waals surface area contributed by atoms with E-state index in [0.29, 0.717) is 39.3 Å². The molecule has 1 unspecified atom stereocenters. The molecular formula is C22H20FN5O2. The molecule has 2 heterocycles. The van der Waals surface area contributed by atoms with Crippen molar-refractivity contribution in [2.75, 3.05) is 12.8 Å². The van der Waals surface area contributed by atoms with Gasteiger partial charge in [0.2, 0.25) is 0 Å². The first-order chi connectivity index (χ1) is 14.5. The first-order valence-corrected chi connectivity index (χ1v) is 9.35. The Hall–Kier alpha value is -3.94. The maximum Gasteiger partial charge on any atom is 0.253 e. The van der Waals surface area contributed by atoms with E-state index >= 15 is 0 Å². The van der Waals surface area contributed by atoms with Gasteiger partial charge in [-0.25, -0.2) is 14.4 Å². The zero-order chi connectivity index (χ0) is 21.3. The van der Waals surface area contributed by atoms with E-state index in [1.165, 1.54) is 12.3 Å². The third kappa shape index (κ3) is 3.55. The van der Waals surface area contributed by atoms with Crippen molar-refractivity contribution in [3.63, 3.8) is 0 Å². The Kier molecular flexibility index (Phi) is 5.05. The molecule has 2 aromatic heterocycles. The summed E-state index contributed by atoms with van der Waals surface area (Å²) in [6, 6.07) is 13.4. The van der Waals surface area contributed by atoms with Gasteiger partial charge in [-0.3, -0.25) is 4.79 Å². The number of hydrogen-bond acceptors (Lipinski definition) is 5. The minimum absolute atomic E-state index is 0.184. The lowest BCUT2D eigenvalue weighted by Crippen LogP contribution is -2.18. The van der Waals surface area contributed by atoms with Gasteiger partial charge in [-0.2, -0.15) is 0 Å². The number of pyridine rings is 1. The quantitative estimate of drug-likeness (QED) is 0.468. The fourth-order valence-corrected chi connectivity index (χ4v) is 3.20. The molecule has 0 aliphatic carbocycles. The van der Waals surface area contributed by atoms with Crippen LogP contribution in [0.15, 0.2) is 54.7 Å². The molecule has 0 saturated heterocycles. The summed E-state index contributed by atoms with van der Waals surface area (Å²) in [5.74, 6) is 0.441. The second-order valence-corrected chi connectivity index (χ2v) is 6.75. The average molecular weight is 405 g/mol. The second-order valence-electron chi connectivity index (χ2n) is 6.75. The predicted molar refractivity (Wildman–Crippen MR) is 113 cm³/mol. The van der Waals surface area contributed by atoms with Crippen LogP contribution in [0, 0.1) is 5.82 Å². The minimum Gasteiger partial charge on any atom is -0.479 e. The first-order valence-electron chi connectivity index (χ1n) is 9.35. The van der Waals surface area contributed by atoms with Gasteiger partial charge < -0.3 is 20.8 Å². The topological polar surface area (TPSA) is 106 Å². The van der Waals surface area contributed by atoms with Crippen molar-refractivity contribution in [2.45, 2.75) is 13.0 Å². The van der Waals surface area contributed by atoms with E-state index in [4.69, 9.17) is 10.5 Å². The number of amides is 1. The van der Waals surface area contributed by atoms with Gasteiger partial charge in [-0.1, -0.05) is 24.3 Å². The Morgan fingerprint density at radius 2 is 2.03 bits per heavy atom. The molecule has 7 nitrogen and oxygen atoms in total. The van der Waals surface area contributed by atoms with Crippen LogP contribution in [-0.2, 0) is 0 Å².